The third-order valence-electron chi connectivity index (χ3n) is 3.29. The van der Waals surface area contributed by atoms with Gasteiger partial charge in [-0.2, -0.15) is 0 Å². The van der Waals surface area contributed by atoms with Crippen LogP contribution in [0.2, 0.25) is 0 Å². The largest absolute Gasteiger partial charge is 0.324 e. The van der Waals surface area contributed by atoms with Gasteiger partial charge in [0.1, 0.15) is 6.04 Å². The second-order valence-corrected chi connectivity index (χ2v) is 4.88. The van der Waals surface area contributed by atoms with Crippen molar-refractivity contribution in [3.05, 3.63) is 68.6 Å². The van der Waals surface area contributed by atoms with Crippen molar-refractivity contribution < 1.29 is 9.72 Å². The van der Waals surface area contributed by atoms with Gasteiger partial charge in [-0.05, 0) is 26.0 Å². The average Bonchev–Trinajstić information content (AvgIpc) is 2.47. The van der Waals surface area contributed by atoms with Crippen molar-refractivity contribution >= 4 is 17.3 Å². The van der Waals surface area contributed by atoms with Gasteiger partial charge < -0.3 is 5.32 Å². The first kappa shape index (κ1) is 15.4. The molecule has 22 heavy (non-hydrogen) atoms. The molecular formula is C15H15N3O4. The standard InChI is InChI=1S/C15H15N3O4/c1-10-8-14(19)17(9-13(10)18(21)22)11(2)15(20)16-12-6-4-3-5-7-12/h3-9,11H,1-2H3,(H,16,20). The lowest BCUT2D eigenvalue weighted by atomic mass is 10.2. The number of hydrogen-bond donors (Lipinski definition) is 1. The average molecular weight is 301 g/mol. The molecule has 0 bridgehead atoms. The smallest absolute Gasteiger partial charge is 0.288 e. The lowest BCUT2D eigenvalue weighted by molar-refractivity contribution is -0.386. The number of para-hydroxylation sites is 1. The van der Waals surface area contributed by atoms with E-state index in [1.165, 1.54) is 13.8 Å². The molecule has 0 fully saturated rings. The molecule has 0 aliphatic carbocycles. The Hall–Kier alpha value is -2.96. The molecule has 1 unspecified atom stereocenters. The third kappa shape index (κ3) is 3.20. The molecule has 1 heterocycles. The Morgan fingerprint density at radius 1 is 1.32 bits per heavy atom. The number of hydrogen-bond acceptors (Lipinski definition) is 4. The van der Waals surface area contributed by atoms with E-state index in [2.05, 4.69) is 5.32 Å². The Labute approximate surface area is 126 Å². The highest BCUT2D eigenvalue weighted by Crippen LogP contribution is 2.17. The summed E-state index contributed by atoms with van der Waals surface area (Å²) in [6.07, 6.45) is 1.10. The Balaban J connectivity index is 2.31. The number of amides is 1. The number of pyridine rings is 1. The maximum absolute atomic E-state index is 12.2. The van der Waals surface area contributed by atoms with Crippen molar-refractivity contribution in [2.75, 3.05) is 5.32 Å². The monoisotopic (exact) mass is 301 g/mol. The van der Waals surface area contributed by atoms with Crippen molar-refractivity contribution in [3.8, 4) is 0 Å². The minimum Gasteiger partial charge on any atom is -0.324 e. The van der Waals surface area contributed by atoms with Crippen molar-refractivity contribution in [2.45, 2.75) is 19.9 Å². The van der Waals surface area contributed by atoms with E-state index in [-0.39, 0.29) is 11.3 Å². The van der Waals surface area contributed by atoms with Crippen molar-refractivity contribution in [3.63, 3.8) is 0 Å². The fourth-order valence-electron chi connectivity index (χ4n) is 2.02. The minimum atomic E-state index is -0.869. The van der Waals surface area contributed by atoms with E-state index in [0.717, 1.165) is 16.8 Å². The number of nitrogens with one attached hydrogen (secondary N) is 1. The van der Waals surface area contributed by atoms with Gasteiger partial charge in [-0.3, -0.25) is 24.3 Å². The highest BCUT2D eigenvalue weighted by atomic mass is 16.6. The maximum Gasteiger partial charge on any atom is 0.288 e. The number of nitro groups is 1. The zero-order valence-corrected chi connectivity index (χ0v) is 12.1. The van der Waals surface area contributed by atoms with Crippen LogP contribution in [0.3, 0.4) is 0 Å². The molecule has 1 amide bonds. The van der Waals surface area contributed by atoms with Gasteiger partial charge in [-0.25, -0.2) is 0 Å². The Bertz CT molecular complexity index is 768. The van der Waals surface area contributed by atoms with Gasteiger partial charge in [-0.1, -0.05) is 18.2 Å². The molecule has 0 saturated heterocycles. The molecule has 0 saturated carbocycles. The van der Waals surface area contributed by atoms with Crippen molar-refractivity contribution in [1.29, 1.82) is 0 Å². The molecular weight excluding hydrogens is 286 g/mol. The first-order valence-electron chi connectivity index (χ1n) is 6.63. The van der Waals surface area contributed by atoms with E-state index < -0.39 is 22.4 Å². The summed E-state index contributed by atoms with van der Waals surface area (Å²) in [4.78, 5) is 34.5. The number of carbonyl (C=O) groups is 1. The maximum atomic E-state index is 12.2. The Morgan fingerprint density at radius 2 is 1.95 bits per heavy atom. The topological polar surface area (TPSA) is 94.2 Å². The molecule has 7 nitrogen and oxygen atoms in total. The number of benzene rings is 1. The van der Waals surface area contributed by atoms with Crippen molar-refractivity contribution in [2.24, 2.45) is 0 Å². The number of anilines is 1. The number of aryl methyl sites for hydroxylation is 1. The summed E-state index contributed by atoms with van der Waals surface area (Å²) in [5.74, 6) is -0.425. The number of carbonyl (C=O) groups excluding carboxylic acids is 1. The second-order valence-electron chi connectivity index (χ2n) is 4.88. The van der Waals surface area contributed by atoms with E-state index in [1.54, 1.807) is 24.3 Å². The van der Waals surface area contributed by atoms with Gasteiger partial charge in [0, 0.05) is 17.3 Å². The van der Waals surface area contributed by atoms with Gasteiger partial charge in [0.15, 0.2) is 0 Å². The zero-order valence-electron chi connectivity index (χ0n) is 12.1. The summed E-state index contributed by atoms with van der Waals surface area (Å²) in [7, 11) is 0. The molecule has 7 heteroatoms. The van der Waals surface area contributed by atoms with Crippen LogP contribution in [-0.2, 0) is 4.79 Å². The molecule has 2 rings (SSSR count). The Morgan fingerprint density at radius 3 is 2.55 bits per heavy atom. The second kappa shape index (κ2) is 6.21. The number of rotatable bonds is 4. The van der Waals surface area contributed by atoms with Crippen LogP contribution < -0.4 is 10.9 Å². The molecule has 1 N–H and O–H groups in total. The van der Waals surface area contributed by atoms with Gasteiger partial charge in [0.2, 0.25) is 5.91 Å². The van der Waals surface area contributed by atoms with Crippen LogP contribution in [0.4, 0.5) is 11.4 Å². The first-order valence-corrected chi connectivity index (χ1v) is 6.63. The summed E-state index contributed by atoms with van der Waals surface area (Å²) in [6, 6.07) is 9.06. The molecule has 0 aliphatic heterocycles. The Kier molecular flexibility index (Phi) is 4.36. The van der Waals surface area contributed by atoms with Gasteiger partial charge in [-0.15, -0.1) is 0 Å². The predicted octanol–water partition coefficient (Wildman–Crippen LogP) is 2.26. The molecule has 114 valence electrons. The summed E-state index contributed by atoms with van der Waals surface area (Å²) < 4.78 is 1.06. The molecule has 2 aromatic rings. The highest BCUT2D eigenvalue weighted by Gasteiger charge is 2.20. The fourth-order valence-corrected chi connectivity index (χ4v) is 2.02. The van der Waals surface area contributed by atoms with E-state index in [0.29, 0.717) is 5.69 Å². The van der Waals surface area contributed by atoms with E-state index in [4.69, 9.17) is 0 Å². The van der Waals surface area contributed by atoms with E-state index in [1.807, 2.05) is 6.07 Å². The summed E-state index contributed by atoms with van der Waals surface area (Å²) >= 11 is 0. The SMILES string of the molecule is Cc1cc(=O)n(C(C)C(=O)Nc2ccccc2)cc1[N+](=O)[O-]. The van der Waals surface area contributed by atoms with E-state index >= 15 is 0 Å². The van der Waals surface area contributed by atoms with Crippen molar-refractivity contribution in [1.82, 2.24) is 4.57 Å². The summed E-state index contributed by atoms with van der Waals surface area (Å²) in [5.41, 5.74) is 0.203. The van der Waals surface area contributed by atoms with E-state index in [9.17, 15) is 19.7 Å². The highest BCUT2D eigenvalue weighted by molar-refractivity contribution is 5.93. The molecule has 0 aliphatic rings. The van der Waals surface area contributed by atoms with Crippen LogP contribution in [-0.4, -0.2) is 15.4 Å². The normalized spacial score (nSPS) is 11.7. The van der Waals surface area contributed by atoms with Gasteiger partial charge in [0.05, 0.1) is 11.1 Å². The number of aromatic nitrogens is 1. The summed E-state index contributed by atoms with van der Waals surface area (Å²) in [6.45, 7) is 3.00. The zero-order chi connectivity index (χ0) is 16.3. The molecule has 0 radical (unpaired) electrons. The van der Waals surface area contributed by atoms with Gasteiger partial charge in [0.25, 0.3) is 11.2 Å². The van der Waals surface area contributed by atoms with Crippen LogP contribution in [0.5, 0.6) is 0 Å². The quantitative estimate of drug-likeness (QED) is 0.692. The third-order valence-corrected chi connectivity index (χ3v) is 3.29. The van der Waals surface area contributed by atoms with Crippen LogP contribution in [0.1, 0.15) is 18.5 Å². The lowest BCUT2D eigenvalue weighted by Crippen LogP contribution is -2.31. The predicted molar refractivity (Wildman–Crippen MR) is 81.9 cm³/mol. The number of nitrogens with zero attached hydrogens (tertiary/aromatic N) is 2. The van der Waals surface area contributed by atoms with Gasteiger partial charge >= 0.3 is 0 Å². The summed E-state index contributed by atoms with van der Waals surface area (Å²) in [5, 5.41) is 13.6. The minimum absolute atomic E-state index is 0.195. The molecule has 1 aromatic carbocycles. The molecule has 0 spiro atoms. The first-order chi connectivity index (χ1) is 10.4. The lowest BCUT2D eigenvalue weighted by Gasteiger charge is -2.15. The van der Waals surface area contributed by atoms with Crippen LogP contribution in [0.25, 0.3) is 0 Å². The van der Waals surface area contributed by atoms with Crippen LogP contribution in [0, 0.1) is 17.0 Å². The van der Waals surface area contributed by atoms with Crippen LogP contribution >= 0.6 is 0 Å². The molecule has 1 atom stereocenters. The van der Waals surface area contributed by atoms with Crippen LogP contribution in [0.15, 0.2) is 47.4 Å². The fraction of sp³-hybridized carbons (Fsp3) is 0.200. The molecule has 1 aromatic heterocycles.